The molecule has 0 spiro atoms. The summed E-state index contributed by atoms with van der Waals surface area (Å²) < 4.78 is 0. The predicted molar refractivity (Wildman–Crippen MR) is 50.8 cm³/mol. The summed E-state index contributed by atoms with van der Waals surface area (Å²) in [4.78, 5) is 21.2. The van der Waals surface area contributed by atoms with E-state index in [0.29, 0.717) is 12.8 Å². The van der Waals surface area contributed by atoms with Gasteiger partial charge in [0, 0.05) is 0 Å². The highest BCUT2D eigenvalue weighted by Crippen LogP contribution is 1.95. The van der Waals surface area contributed by atoms with Gasteiger partial charge in [-0.15, -0.1) is 12.4 Å². The smallest absolute Gasteiger partial charge is 0.326 e. The Bertz CT molecular complexity index is 173. The van der Waals surface area contributed by atoms with Crippen molar-refractivity contribution in [2.75, 3.05) is 6.54 Å². The van der Waals surface area contributed by atoms with E-state index in [-0.39, 0.29) is 19.0 Å². The van der Waals surface area contributed by atoms with E-state index in [1.807, 2.05) is 6.92 Å². The van der Waals surface area contributed by atoms with E-state index in [4.69, 9.17) is 10.8 Å². The number of nitrogens with two attached hydrogens (primary N) is 1. The lowest BCUT2D eigenvalue weighted by Crippen LogP contribution is -2.43. The van der Waals surface area contributed by atoms with Gasteiger partial charge >= 0.3 is 5.97 Å². The molecule has 0 aromatic heterocycles. The molecule has 5 nitrogen and oxygen atoms in total. The highest BCUT2D eigenvalue weighted by molar-refractivity contribution is 5.85. The van der Waals surface area contributed by atoms with Crippen LogP contribution >= 0.6 is 12.4 Å². The molecule has 6 heteroatoms. The van der Waals surface area contributed by atoms with Gasteiger partial charge < -0.3 is 16.2 Å². The van der Waals surface area contributed by atoms with Gasteiger partial charge in [-0.05, 0) is 6.42 Å². The van der Waals surface area contributed by atoms with E-state index < -0.39 is 17.9 Å². The van der Waals surface area contributed by atoms with Crippen molar-refractivity contribution in [2.24, 2.45) is 5.73 Å². The van der Waals surface area contributed by atoms with Gasteiger partial charge in [0.1, 0.15) is 6.04 Å². The zero-order valence-corrected chi connectivity index (χ0v) is 8.26. The number of nitrogens with one attached hydrogen (secondary N) is 1. The van der Waals surface area contributed by atoms with Crippen LogP contribution in [0.25, 0.3) is 0 Å². The molecular formula is C7H15ClN2O3. The van der Waals surface area contributed by atoms with Gasteiger partial charge in [-0.2, -0.15) is 0 Å². The molecule has 0 aliphatic rings. The topological polar surface area (TPSA) is 92.4 Å². The highest BCUT2D eigenvalue weighted by Gasteiger charge is 2.17. The highest BCUT2D eigenvalue weighted by atomic mass is 35.5. The van der Waals surface area contributed by atoms with Crippen LogP contribution in [0.15, 0.2) is 0 Å². The van der Waals surface area contributed by atoms with Crippen LogP contribution in [0.3, 0.4) is 0 Å². The molecule has 0 rings (SSSR count). The van der Waals surface area contributed by atoms with Crippen molar-refractivity contribution in [1.29, 1.82) is 0 Å². The van der Waals surface area contributed by atoms with Crippen LogP contribution < -0.4 is 11.1 Å². The first-order chi connectivity index (χ1) is 5.61. The number of carbonyl (C=O) groups excluding carboxylic acids is 1. The van der Waals surface area contributed by atoms with Crippen LogP contribution in [0.1, 0.15) is 19.8 Å². The van der Waals surface area contributed by atoms with Gasteiger partial charge in [0.2, 0.25) is 5.91 Å². The summed E-state index contributed by atoms with van der Waals surface area (Å²) >= 11 is 0. The average molecular weight is 211 g/mol. The molecule has 0 aliphatic carbocycles. The van der Waals surface area contributed by atoms with Crippen molar-refractivity contribution >= 4 is 24.3 Å². The van der Waals surface area contributed by atoms with Crippen molar-refractivity contribution in [3.63, 3.8) is 0 Å². The van der Waals surface area contributed by atoms with Gasteiger partial charge in [0.15, 0.2) is 0 Å². The van der Waals surface area contributed by atoms with E-state index >= 15 is 0 Å². The van der Waals surface area contributed by atoms with Crippen LogP contribution in [-0.2, 0) is 9.59 Å². The summed E-state index contributed by atoms with van der Waals surface area (Å²) in [6.07, 6.45) is 1.14. The summed E-state index contributed by atoms with van der Waals surface area (Å²) in [5.74, 6) is -1.45. The zero-order valence-electron chi connectivity index (χ0n) is 7.45. The molecule has 0 unspecified atom stereocenters. The minimum absolute atomic E-state index is 0. The molecule has 78 valence electrons. The lowest BCUT2D eigenvalue weighted by Gasteiger charge is -2.11. The molecule has 4 N–H and O–H groups in total. The van der Waals surface area contributed by atoms with Crippen LogP contribution in [0.4, 0.5) is 0 Å². The molecule has 1 amide bonds. The Balaban J connectivity index is 0. The van der Waals surface area contributed by atoms with E-state index in [0.717, 1.165) is 0 Å². The molecular weight excluding hydrogens is 196 g/mol. The number of amides is 1. The SMILES string of the molecule is CCC[C@@H](NC(=O)CN)C(=O)O.Cl. The molecule has 13 heavy (non-hydrogen) atoms. The molecule has 0 bridgehead atoms. The van der Waals surface area contributed by atoms with Gasteiger partial charge in [-0.3, -0.25) is 4.79 Å². The number of halogens is 1. The van der Waals surface area contributed by atoms with Gasteiger partial charge in [-0.25, -0.2) is 4.79 Å². The molecule has 0 saturated heterocycles. The van der Waals surface area contributed by atoms with Crippen molar-refractivity contribution in [3.8, 4) is 0 Å². The minimum atomic E-state index is -1.02. The fraction of sp³-hybridized carbons (Fsp3) is 0.714. The van der Waals surface area contributed by atoms with Gasteiger partial charge in [-0.1, -0.05) is 13.3 Å². The molecule has 0 saturated carbocycles. The van der Waals surface area contributed by atoms with E-state index in [1.54, 1.807) is 0 Å². The minimum Gasteiger partial charge on any atom is -0.480 e. The first kappa shape index (κ1) is 14.7. The predicted octanol–water partition coefficient (Wildman–Crippen LogP) is -0.264. The average Bonchev–Trinajstić information content (AvgIpc) is 2.03. The third-order valence-electron chi connectivity index (χ3n) is 1.40. The van der Waals surface area contributed by atoms with Crippen LogP contribution in [0.2, 0.25) is 0 Å². The number of carbonyl (C=O) groups is 2. The standard InChI is InChI=1S/C7H14N2O3.ClH/c1-2-3-5(7(11)12)9-6(10)4-8;/h5H,2-4,8H2,1H3,(H,9,10)(H,11,12);1H/t5-;/m1./s1. The number of carboxylic acid groups (broad SMARTS) is 1. The van der Waals surface area contributed by atoms with Crippen LogP contribution in [-0.4, -0.2) is 29.6 Å². The Morgan fingerprint density at radius 3 is 2.38 bits per heavy atom. The van der Waals surface area contributed by atoms with Gasteiger partial charge in [0.05, 0.1) is 6.54 Å². The van der Waals surface area contributed by atoms with Crippen molar-refractivity contribution < 1.29 is 14.7 Å². The Morgan fingerprint density at radius 2 is 2.08 bits per heavy atom. The van der Waals surface area contributed by atoms with E-state index in [2.05, 4.69) is 5.32 Å². The Hall–Kier alpha value is -0.810. The fourth-order valence-electron chi connectivity index (χ4n) is 0.799. The number of aliphatic carboxylic acids is 1. The van der Waals surface area contributed by atoms with Crippen molar-refractivity contribution in [1.82, 2.24) is 5.32 Å². The number of carboxylic acids is 1. The molecule has 0 aromatic carbocycles. The monoisotopic (exact) mass is 210 g/mol. The third-order valence-corrected chi connectivity index (χ3v) is 1.40. The summed E-state index contributed by atoms with van der Waals surface area (Å²) in [6, 6.07) is -0.800. The second-order valence-electron chi connectivity index (χ2n) is 2.45. The number of rotatable bonds is 5. The molecule has 0 heterocycles. The maximum absolute atomic E-state index is 10.7. The molecule has 0 aromatic rings. The lowest BCUT2D eigenvalue weighted by atomic mass is 10.2. The second-order valence-corrected chi connectivity index (χ2v) is 2.45. The number of hydrogen-bond donors (Lipinski definition) is 3. The first-order valence-electron chi connectivity index (χ1n) is 3.84. The van der Waals surface area contributed by atoms with E-state index in [1.165, 1.54) is 0 Å². The van der Waals surface area contributed by atoms with Crippen molar-refractivity contribution in [3.05, 3.63) is 0 Å². The summed E-state index contributed by atoms with van der Waals surface area (Å²) in [5, 5.41) is 10.9. The fourth-order valence-corrected chi connectivity index (χ4v) is 0.799. The summed E-state index contributed by atoms with van der Waals surface area (Å²) in [5.41, 5.74) is 5.01. The largest absolute Gasteiger partial charge is 0.480 e. The summed E-state index contributed by atoms with van der Waals surface area (Å²) in [6.45, 7) is 1.68. The Labute approximate surface area is 83.1 Å². The Kier molecular flexibility index (Phi) is 8.84. The first-order valence-corrected chi connectivity index (χ1v) is 3.84. The summed E-state index contributed by atoms with van der Waals surface area (Å²) in [7, 11) is 0. The maximum atomic E-state index is 10.7. The molecule has 0 fully saturated rings. The molecule has 0 radical (unpaired) electrons. The normalized spacial score (nSPS) is 11.2. The molecule has 1 atom stereocenters. The Morgan fingerprint density at radius 1 is 1.54 bits per heavy atom. The second kappa shape index (κ2) is 7.82. The van der Waals surface area contributed by atoms with Gasteiger partial charge in [0.25, 0.3) is 0 Å². The maximum Gasteiger partial charge on any atom is 0.326 e. The van der Waals surface area contributed by atoms with Crippen molar-refractivity contribution in [2.45, 2.75) is 25.8 Å². The quantitative estimate of drug-likeness (QED) is 0.583. The van der Waals surface area contributed by atoms with Crippen LogP contribution in [0, 0.1) is 0 Å². The van der Waals surface area contributed by atoms with Crippen LogP contribution in [0.5, 0.6) is 0 Å². The molecule has 0 aliphatic heterocycles. The van der Waals surface area contributed by atoms with E-state index in [9.17, 15) is 9.59 Å². The lowest BCUT2D eigenvalue weighted by molar-refractivity contribution is -0.141. The zero-order chi connectivity index (χ0) is 9.56. The number of hydrogen-bond acceptors (Lipinski definition) is 3. The third kappa shape index (κ3) is 6.36.